The highest BCUT2D eigenvalue weighted by molar-refractivity contribution is 5.97. The first-order valence-electron chi connectivity index (χ1n) is 6.08. The lowest BCUT2D eigenvalue weighted by Gasteiger charge is -2.14. The van der Waals surface area contributed by atoms with Gasteiger partial charge in [-0.1, -0.05) is 0 Å². The van der Waals surface area contributed by atoms with Gasteiger partial charge in [0.25, 0.3) is 5.91 Å². The molecule has 0 aliphatic carbocycles. The number of halogens is 1. The van der Waals surface area contributed by atoms with Gasteiger partial charge in [-0.25, -0.2) is 9.18 Å². The zero-order valence-corrected chi connectivity index (χ0v) is 11.2. The minimum Gasteiger partial charge on any atom is -0.481 e. The molecule has 8 heteroatoms. The Labute approximate surface area is 119 Å². The summed E-state index contributed by atoms with van der Waals surface area (Å²) in [7, 11) is 1.58. The molecule has 1 rings (SSSR count). The van der Waals surface area contributed by atoms with Gasteiger partial charge in [0.05, 0.1) is 5.56 Å². The topological polar surface area (TPSA) is 116 Å². The lowest BCUT2D eigenvalue weighted by molar-refractivity contribution is -0.140. The van der Waals surface area contributed by atoms with Crippen molar-refractivity contribution in [2.45, 2.75) is 18.9 Å². The number of hydrogen-bond acceptors (Lipinski definition) is 4. The van der Waals surface area contributed by atoms with Crippen LogP contribution in [0.5, 0.6) is 0 Å². The molecule has 1 amide bonds. The Bertz CT molecular complexity index is 561. The lowest BCUT2D eigenvalue weighted by atomic mass is 10.1. The van der Waals surface area contributed by atoms with E-state index in [1.165, 1.54) is 12.1 Å². The predicted molar refractivity (Wildman–Crippen MR) is 71.7 cm³/mol. The maximum atomic E-state index is 13.7. The van der Waals surface area contributed by atoms with Crippen LogP contribution in [0.3, 0.4) is 0 Å². The number of carboxylic acids is 2. The second kappa shape index (κ2) is 7.22. The number of carbonyl (C=O) groups excluding carboxylic acids is 1. The van der Waals surface area contributed by atoms with Crippen LogP contribution in [0.2, 0.25) is 0 Å². The third-order valence-corrected chi connectivity index (χ3v) is 2.75. The average molecular weight is 298 g/mol. The van der Waals surface area contributed by atoms with Crippen molar-refractivity contribution in [3.8, 4) is 0 Å². The lowest BCUT2D eigenvalue weighted by Crippen LogP contribution is -2.41. The van der Waals surface area contributed by atoms with Crippen LogP contribution in [0, 0.1) is 5.82 Å². The molecule has 1 atom stereocenters. The summed E-state index contributed by atoms with van der Waals surface area (Å²) >= 11 is 0. The monoisotopic (exact) mass is 298 g/mol. The molecular formula is C13H15FN2O5. The molecule has 1 aromatic carbocycles. The molecule has 4 N–H and O–H groups in total. The largest absolute Gasteiger partial charge is 0.481 e. The van der Waals surface area contributed by atoms with E-state index in [2.05, 4.69) is 10.6 Å². The molecule has 114 valence electrons. The van der Waals surface area contributed by atoms with E-state index in [1.807, 2.05) is 0 Å². The van der Waals surface area contributed by atoms with Gasteiger partial charge in [-0.05, 0) is 24.6 Å². The van der Waals surface area contributed by atoms with E-state index >= 15 is 0 Å². The summed E-state index contributed by atoms with van der Waals surface area (Å²) in [5, 5.41) is 22.2. The van der Waals surface area contributed by atoms with Gasteiger partial charge in [-0.15, -0.1) is 0 Å². The van der Waals surface area contributed by atoms with Crippen LogP contribution in [0.15, 0.2) is 18.2 Å². The normalized spacial score (nSPS) is 11.5. The van der Waals surface area contributed by atoms with E-state index in [-0.39, 0.29) is 12.0 Å². The highest BCUT2D eigenvalue weighted by Crippen LogP contribution is 2.14. The number of carboxylic acid groups (broad SMARTS) is 2. The zero-order valence-electron chi connectivity index (χ0n) is 11.2. The summed E-state index contributed by atoms with van der Waals surface area (Å²) in [6.45, 7) is 0. The molecule has 0 spiro atoms. The van der Waals surface area contributed by atoms with E-state index < -0.39 is 36.1 Å². The Balaban J connectivity index is 2.82. The van der Waals surface area contributed by atoms with Crippen molar-refractivity contribution in [2.24, 2.45) is 0 Å². The standard InChI is InChI=1S/C13H15FN2O5/c1-15-7-2-3-8(9(14)6-7)12(19)16-10(13(20)21)4-5-11(17)18/h2-3,6,10,15H,4-5H2,1H3,(H,16,19)(H,17,18)(H,20,21)/t10-/m1/s1. The van der Waals surface area contributed by atoms with Crippen LogP contribution in [0.25, 0.3) is 0 Å². The Morgan fingerprint density at radius 1 is 1.29 bits per heavy atom. The fraction of sp³-hybridized carbons (Fsp3) is 0.308. The van der Waals surface area contributed by atoms with E-state index in [0.29, 0.717) is 5.69 Å². The molecule has 0 unspecified atom stereocenters. The molecule has 21 heavy (non-hydrogen) atoms. The van der Waals surface area contributed by atoms with E-state index in [1.54, 1.807) is 7.05 Å². The Hall–Kier alpha value is -2.64. The molecule has 0 radical (unpaired) electrons. The van der Waals surface area contributed by atoms with Gasteiger partial charge in [-0.2, -0.15) is 0 Å². The van der Waals surface area contributed by atoms with Crippen LogP contribution < -0.4 is 10.6 Å². The van der Waals surface area contributed by atoms with E-state index in [0.717, 1.165) is 6.07 Å². The van der Waals surface area contributed by atoms with Crippen molar-refractivity contribution in [1.82, 2.24) is 5.32 Å². The van der Waals surface area contributed by atoms with Crippen LogP contribution >= 0.6 is 0 Å². The van der Waals surface area contributed by atoms with Gasteiger partial charge in [0.2, 0.25) is 0 Å². The molecule has 0 heterocycles. The summed E-state index contributed by atoms with van der Waals surface area (Å²) < 4.78 is 13.7. The van der Waals surface area contributed by atoms with Crippen molar-refractivity contribution in [1.29, 1.82) is 0 Å². The van der Waals surface area contributed by atoms with Gasteiger partial charge in [-0.3, -0.25) is 9.59 Å². The summed E-state index contributed by atoms with van der Waals surface area (Å²) in [6, 6.07) is 2.39. The number of carbonyl (C=O) groups is 3. The molecule has 0 aliphatic heterocycles. The molecule has 7 nitrogen and oxygen atoms in total. The summed E-state index contributed by atoms with van der Waals surface area (Å²) in [6.07, 6.45) is -0.703. The average Bonchev–Trinajstić information content (AvgIpc) is 2.42. The van der Waals surface area contributed by atoms with Gasteiger partial charge < -0.3 is 20.8 Å². The third kappa shape index (κ3) is 4.75. The predicted octanol–water partition coefficient (Wildman–Crippen LogP) is 0.915. The summed E-state index contributed by atoms with van der Waals surface area (Å²) in [5.74, 6) is -4.27. The number of amides is 1. The minimum atomic E-state index is -1.39. The van der Waals surface area contributed by atoms with Crippen molar-refractivity contribution in [3.05, 3.63) is 29.6 Å². The Kier molecular flexibility index (Phi) is 5.65. The van der Waals surface area contributed by atoms with Gasteiger partial charge in [0.15, 0.2) is 0 Å². The van der Waals surface area contributed by atoms with E-state index in [4.69, 9.17) is 10.2 Å². The zero-order chi connectivity index (χ0) is 16.0. The van der Waals surface area contributed by atoms with Crippen LogP contribution in [-0.2, 0) is 9.59 Å². The van der Waals surface area contributed by atoms with Gasteiger partial charge >= 0.3 is 11.9 Å². The molecule has 0 aromatic heterocycles. The van der Waals surface area contributed by atoms with Crippen LogP contribution in [-0.4, -0.2) is 41.1 Å². The fourth-order valence-electron chi connectivity index (χ4n) is 1.62. The van der Waals surface area contributed by atoms with Crippen molar-refractivity contribution in [2.75, 3.05) is 12.4 Å². The van der Waals surface area contributed by atoms with Crippen LogP contribution in [0.4, 0.5) is 10.1 Å². The number of aliphatic carboxylic acids is 2. The second-order valence-electron chi connectivity index (χ2n) is 4.24. The first-order valence-corrected chi connectivity index (χ1v) is 6.08. The van der Waals surface area contributed by atoms with Crippen molar-refractivity contribution in [3.63, 3.8) is 0 Å². The second-order valence-corrected chi connectivity index (χ2v) is 4.24. The van der Waals surface area contributed by atoms with Crippen molar-refractivity contribution < 1.29 is 29.0 Å². The molecule has 0 aliphatic rings. The highest BCUT2D eigenvalue weighted by atomic mass is 19.1. The highest BCUT2D eigenvalue weighted by Gasteiger charge is 2.23. The molecule has 0 bridgehead atoms. The summed E-state index contributed by atoms with van der Waals surface area (Å²) in [4.78, 5) is 33.2. The molecule has 1 aromatic rings. The first kappa shape index (κ1) is 16.4. The third-order valence-electron chi connectivity index (χ3n) is 2.75. The SMILES string of the molecule is CNc1ccc(C(=O)N[C@H](CCC(=O)O)C(=O)O)c(F)c1. The van der Waals surface area contributed by atoms with E-state index in [9.17, 15) is 18.8 Å². The Morgan fingerprint density at radius 3 is 2.43 bits per heavy atom. The van der Waals surface area contributed by atoms with Crippen molar-refractivity contribution >= 4 is 23.5 Å². The fourth-order valence-corrected chi connectivity index (χ4v) is 1.62. The maximum Gasteiger partial charge on any atom is 0.326 e. The quantitative estimate of drug-likeness (QED) is 0.595. The van der Waals surface area contributed by atoms with Gasteiger partial charge in [0, 0.05) is 19.2 Å². The number of nitrogens with one attached hydrogen (secondary N) is 2. The molecular weight excluding hydrogens is 283 g/mol. The van der Waals surface area contributed by atoms with Crippen LogP contribution in [0.1, 0.15) is 23.2 Å². The number of anilines is 1. The molecule has 0 fully saturated rings. The summed E-state index contributed by atoms with van der Waals surface area (Å²) in [5.41, 5.74) is 0.153. The van der Waals surface area contributed by atoms with Gasteiger partial charge in [0.1, 0.15) is 11.9 Å². The minimum absolute atomic E-state index is 0.285. The molecule has 0 saturated carbocycles. The maximum absolute atomic E-state index is 13.7. The number of hydrogen-bond donors (Lipinski definition) is 4. The Morgan fingerprint density at radius 2 is 1.95 bits per heavy atom. The number of rotatable bonds is 7. The first-order chi connectivity index (χ1) is 9.85. The number of benzene rings is 1. The molecule has 0 saturated heterocycles. The smallest absolute Gasteiger partial charge is 0.326 e.